The van der Waals surface area contributed by atoms with Crippen molar-refractivity contribution in [3.05, 3.63) is 59.5 Å². The lowest BCUT2D eigenvalue weighted by molar-refractivity contribution is -0.117. The van der Waals surface area contributed by atoms with E-state index in [1.807, 2.05) is 20.8 Å². The number of alkyl halides is 2. The number of ether oxygens (including phenoxy) is 3. The largest absolute Gasteiger partial charge is 0.489 e. The average molecular weight is 601 g/mol. The van der Waals surface area contributed by atoms with Gasteiger partial charge >= 0.3 is 12.7 Å². The number of carbonyl (C=O) groups excluding carboxylic acids is 3. The molecule has 1 fully saturated rings. The Labute approximate surface area is 246 Å². The maximum absolute atomic E-state index is 13.5. The van der Waals surface area contributed by atoms with Gasteiger partial charge < -0.3 is 35.4 Å². The van der Waals surface area contributed by atoms with Crippen molar-refractivity contribution in [2.45, 2.75) is 59.2 Å². The maximum Gasteiger partial charge on any atom is 0.405 e. The monoisotopic (exact) mass is 600 g/mol. The first-order valence-corrected chi connectivity index (χ1v) is 13.6. The Morgan fingerprint density at radius 1 is 1.07 bits per heavy atom. The number of anilines is 1. The lowest BCUT2D eigenvalue weighted by atomic mass is 9.88. The summed E-state index contributed by atoms with van der Waals surface area (Å²) < 4.78 is 47.9. The molecule has 2 aromatic carbocycles. The van der Waals surface area contributed by atoms with Gasteiger partial charge in [0.1, 0.15) is 0 Å². The molecule has 1 heterocycles. The third-order valence-corrected chi connectivity index (χ3v) is 6.39. The van der Waals surface area contributed by atoms with E-state index in [-0.39, 0.29) is 41.7 Å². The molecule has 0 aliphatic heterocycles. The number of halogens is 2. The van der Waals surface area contributed by atoms with Crippen molar-refractivity contribution in [3.8, 4) is 23.0 Å². The fourth-order valence-corrected chi connectivity index (χ4v) is 4.26. The van der Waals surface area contributed by atoms with E-state index >= 15 is 0 Å². The van der Waals surface area contributed by atoms with Crippen molar-refractivity contribution in [2.75, 3.05) is 11.9 Å². The minimum absolute atomic E-state index is 0.0391. The Kier molecular flexibility index (Phi) is 9.52. The van der Waals surface area contributed by atoms with E-state index in [0.717, 1.165) is 12.8 Å². The van der Waals surface area contributed by atoms with Crippen molar-refractivity contribution < 1.29 is 41.8 Å². The Balaban J connectivity index is 1.72. The molecule has 3 aromatic rings. The van der Waals surface area contributed by atoms with Crippen molar-refractivity contribution in [1.82, 2.24) is 4.98 Å². The molecule has 43 heavy (non-hydrogen) atoms. The van der Waals surface area contributed by atoms with Crippen molar-refractivity contribution >= 4 is 23.6 Å². The summed E-state index contributed by atoms with van der Waals surface area (Å²) in [6, 6.07) is 10.6. The van der Waals surface area contributed by atoms with Gasteiger partial charge in [-0.25, -0.2) is 9.78 Å². The van der Waals surface area contributed by atoms with Gasteiger partial charge in [-0.1, -0.05) is 32.9 Å². The molecular weight excluding hydrogens is 566 g/mol. The number of amides is 3. The van der Waals surface area contributed by atoms with Gasteiger partial charge in [-0.15, -0.1) is 0 Å². The molecular formula is C30H34F2N4O7. The van der Waals surface area contributed by atoms with Gasteiger partial charge in [0.25, 0.3) is 5.91 Å². The molecule has 1 aromatic heterocycles. The first-order valence-electron chi connectivity index (χ1n) is 13.6. The highest BCUT2D eigenvalue weighted by Crippen LogP contribution is 2.39. The Morgan fingerprint density at radius 3 is 2.35 bits per heavy atom. The van der Waals surface area contributed by atoms with Crippen LogP contribution < -0.4 is 26.3 Å². The van der Waals surface area contributed by atoms with Crippen LogP contribution in [-0.4, -0.2) is 36.1 Å². The third-order valence-electron chi connectivity index (χ3n) is 6.39. The van der Waals surface area contributed by atoms with Gasteiger partial charge in [-0.05, 0) is 66.5 Å². The second-order valence-corrected chi connectivity index (χ2v) is 11.5. The summed E-state index contributed by atoms with van der Waals surface area (Å²) in [5, 5.41) is 2.72. The second kappa shape index (κ2) is 13.1. The number of nitrogens with zero attached hydrogens (tertiary/aromatic N) is 1. The number of rotatable bonds is 13. The van der Waals surface area contributed by atoms with Gasteiger partial charge in [-0.3, -0.25) is 9.59 Å². The van der Waals surface area contributed by atoms with Gasteiger partial charge in [0.15, 0.2) is 29.1 Å². The number of carbonyl (C=O) groups is 3. The van der Waals surface area contributed by atoms with Crippen LogP contribution in [-0.2, 0) is 16.0 Å². The standard InChI is InChI=1S/C30H34F2N4O7/c1-30(2,3)14-22(42-29(34)39)25-24(26(38)35-19-9-6-16(7-10-19)12-23(33)37)36-27(43-25)18-8-11-20(41-28(31)32)21(13-18)40-15-17-4-5-17/h6-11,13,17,22,28H,4-5,12,14-15H2,1-3H3,(H2,33,37)(H2,34,39)(H,35,38)/t22-/m0/s1. The second-order valence-electron chi connectivity index (χ2n) is 11.5. The Morgan fingerprint density at radius 2 is 1.77 bits per heavy atom. The Hall–Kier alpha value is -4.68. The fourth-order valence-electron chi connectivity index (χ4n) is 4.26. The lowest BCUT2D eigenvalue weighted by Crippen LogP contribution is -2.23. The number of benzene rings is 2. The molecule has 1 saturated carbocycles. The smallest absolute Gasteiger partial charge is 0.405 e. The van der Waals surface area contributed by atoms with E-state index in [9.17, 15) is 23.2 Å². The van der Waals surface area contributed by atoms with E-state index in [1.165, 1.54) is 18.2 Å². The predicted molar refractivity (Wildman–Crippen MR) is 152 cm³/mol. The summed E-state index contributed by atoms with van der Waals surface area (Å²) in [5.74, 6) is -1.05. The van der Waals surface area contributed by atoms with Gasteiger partial charge in [0, 0.05) is 11.3 Å². The van der Waals surface area contributed by atoms with Gasteiger partial charge in [0.05, 0.1) is 13.0 Å². The minimum Gasteiger partial charge on any atom is -0.489 e. The van der Waals surface area contributed by atoms with Gasteiger partial charge in [-0.2, -0.15) is 8.78 Å². The van der Waals surface area contributed by atoms with E-state index < -0.39 is 36.0 Å². The van der Waals surface area contributed by atoms with E-state index in [4.69, 9.17) is 25.4 Å². The highest BCUT2D eigenvalue weighted by Gasteiger charge is 2.33. The first-order chi connectivity index (χ1) is 20.3. The summed E-state index contributed by atoms with van der Waals surface area (Å²) in [5.41, 5.74) is 11.4. The zero-order valence-corrected chi connectivity index (χ0v) is 24.0. The number of primary amides is 2. The minimum atomic E-state index is -3.06. The SMILES string of the molecule is CC(C)(C)C[C@H](OC(N)=O)c1oc(-c2ccc(OC(F)F)c(OCC3CC3)c2)nc1C(=O)Nc1ccc(CC(N)=O)cc1. The number of aromatic nitrogens is 1. The van der Waals surface area contributed by atoms with Crippen LogP contribution in [0.15, 0.2) is 46.9 Å². The van der Waals surface area contributed by atoms with Crippen LogP contribution in [0.5, 0.6) is 11.5 Å². The number of nitrogens with one attached hydrogen (secondary N) is 1. The molecule has 0 spiro atoms. The molecule has 3 amide bonds. The highest BCUT2D eigenvalue weighted by atomic mass is 19.3. The zero-order chi connectivity index (χ0) is 31.3. The summed E-state index contributed by atoms with van der Waals surface area (Å²) in [7, 11) is 0. The molecule has 1 atom stereocenters. The van der Waals surface area contributed by atoms with E-state index in [1.54, 1.807) is 24.3 Å². The third kappa shape index (κ3) is 9.15. The van der Waals surface area contributed by atoms with Crippen LogP contribution in [0, 0.1) is 11.3 Å². The first kappa shape index (κ1) is 31.3. The molecule has 0 unspecified atom stereocenters. The van der Waals surface area contributed by atoms with Crippen molar-refractivity contribution in [3.63, 3.8) is 0 Å². The molecule has 0 radical (unpaired) electrons. The van der Waals surface area contributed by atoms with Crippen LogP contribution in [0.3, 0.4) is 0 Å². The molecule has 1 aliphatic rings. The van der Waals surface area contributed by atoms with Gasteiger partial charge in [0.2, 0.25) is 11.8 Å². The van der Waals surface area contributed by atoms with Crippen LogP contribution in [0.25, 0.3) is 11.5 Å². The van der Waals surface area contributed by atoms with E-state index in [0.29, 0.717) is 29.3 Å². The topological polar surface area (TPSA) is 169 Å². The predicted octanol–water partition coefficient (Wildman–Crippen LogP) is 5.58. The summed E-state index contributed by atoms with van der Waals surface area (Å²) in [4.78, 5) is 41.0. The molecule has 1 aliphatic carbocycles. The lowest BCUT2D eigenvalue weighted by Gasteiger charge is -2.24. The average Bonchev–Trinajstić information content (AvgIpc) is 3.62. The summed E-state index contributed by atoms with van der Waals surface area (Å²) in [6.45, 7) is 2.97. The van der Waals surface area contributed by atoms with Crippen LogP contribution >= 0.6 is 0 Å². The summed E-state index contributed by atoms with van der Waals surface area (Å²) >= 11 is 0. The molecule has 4 rings (SSSR count). The van der Waals surface area contributed by atoms with Crippen LogP contribution in [0.1, 0.15) is 67.9 Å². The number of oxazole rings is 1. The molecule has 0 bridgehead atoms. The Bertz CT molecular complexity index is 1460. The number of hydrogen-bond donors (Lipinski definition) is 3. The zero-order valence-electron chi connectivity index (χ0n) is 24.0. The molecule has 230 valence electrons. The fraction of sp³-hybridized carbons (Fsp3) is 0.400. The van der Waals surface area contributed by atoms with Crippen LogP contribution in [0.2, 0.25) is 0 Å². The molecule has 11 nitrogen and oxygen atoms in total. The normalized spacial score (nSPS) is 13.8. The van der Waals surface area contributed by atoms with E-state index in [2.05, 4.69) is 15.0 Å². The maximum atomic E-state index is 13.5. The van der Waals surface area contributed by atoms with Crippen molar-refractivity contribution in [1.29, 1.82) is 0 Å². The quantitative estimate of drug-likeness (QED) is 0.228. The number of hydrogen-bond acceptors (Lipinski definition) is 8. The van der Waals surface area contributed by atoms with Crippen molar-refractivity contribution in [2.24, 2.45) is 22.8 Å². The summed E-state index contributed by atoms with van der Waals surface area (Å²) in [6.07, 6.45) is 0.0724. The molecule has 13 heteroatoms. The highest BCUT2D eigenvalue weighted by molar-refractivity contribution is 6.04. The van der Waals surface area contributed by atoms with Crippen LogP contribution in [0.4, 0.5) is 19.3 Å². The molecule has 0 saturated heterocycles. The molecule has 5 N–H and O–H groups in total. The number of nitrogens with two attached hydrogens (primary N) is 2.